The molecule has 0 aliphatic rings. The molecule has 0 amide bonds. The van der Waals surface area contributed by atoms with Crippen LogP contribution in [0.5, 0.6) is 0 Å². The monoisotopic (exact) mass is 753 g/mol. The van der Waals surface area contributed by atoms with Crippen LogP contribution in [0.1, 0.15) is 233 Å². The lowest BCUT2D eigenvalue weighted by molar-refractivity contribution is -0.152. The van der Waals surface area contributed by atoms with E-state index < -0.39 is 18.3 Å². The lowest BCUT2D eigenvalue weighted by Gasteiger charge is -2.16. The smallest absolute Gasteiger partial charge is 0.305 e. The average molecular weight is 753 g/mol. The first-order valence-electron chi connectivity index (χ1n) is 22.8. The van der Waals surface area contributed by atoms with E-state index in [9.17, 15) is 24.9 Å². The van der Waals surface area contributed by atoms with Crippen LogP contribution in [-0.2, 0) is 19.1 Å². The number of allylic oxidation sites excluding steroid dienone is 1. The van der Waals surface area contributed by atoms with Gasteiger partial charge in [0.1, 0.15) is 19.3 Å². The van der Waals surface area contributed by atoms with Gasteiger partial charge in [0.2, 0.25) is 0 Å². The number of aliphatic hydroxyl groups excluding tert-OH is 3. The van der Waals surface area contributed by atoms with Gasteiger partial charge in [-0.3, -0.25) is 9.59 Å². The van der Waals surface area contributed by atoms with Gasteiger partial charge in [0.15, 0.2) is 0 Å². The third-order valence-electron chi connectivity index (χ3n) is 10.7. The van der Waals surface area contributed by atoms with E-state index in [2.05, 4.69) is 26.8 Å². The Morgan fingerprint density at radius 2 is 0.887 bits per heavy atom. The van der Waals surface area contributed by atoms with Crippen LogP contribution < -0.4 is 0 Å². The highest BCUT2D eigenvalue weighted by Crippen LogP contribution is 2.17. The van der Waals surface area contributed by atoms with Crippen molar-refractivity contribution in [3.8, 4) is 0 Å². The lowest BCUT2D eigenvalue weighted by atomic mass is 9.99. The second-order valence-corrected chi connectivity index (χ2v) is 16.1. The number of carbonyl (C=O) groups is 2. The Bertz CT molecular complexity index is 816. The standard InChI is InChI=1S/C46H88O7/c1-4-6-7-8-25-30-35-43(48)44(49)36-31-26-23-28-33-38-46(51)53-40-42(47)39-52-45(50)37-32-27-22-20-18-16-14-12-10-9-11-13-15-17-19-21-24-29-34-41(3)5-2/h25,30,41-44,47-49H,4-24,26-29,31-40H2,1-3H3/b30-25-/t41?,42-,43+,44+/m0/s1. The van der Waals surface area contributed by atoms with Gasteiger partial charge in [-0.25, -0.2) is 0 Å². The molecule has 0 aliphatic heterocycles. The summed E-state index contributed by atoms with van der Waals surface area (Å²) in [6, 6.07) is 0. The summed E-state index contributed by atoms with van der Waals surface area (Å²) in [6.07, 6.45) is 38.7. The van der Waals surface area contributed by atoms with Crippen LogP contribution in [0, 0.1) is 5.92 Å². The summed E-state index contributed by atoms with van der Waals surface area (Å²) >= 11 is 0. The van der Waals surface area contributed by atoms with E-state index in [1.54, 1.807) is 0 Å². The number of carbonyl (C=O) groups excluding carboxylic acids is 2. The number of rotatable bonds is 41. The number of aliphatic hydroxyl groups is 3. The first-order valence-corrected chi connectivity index (χ1v) is 22.8. The Hall–Kier alpha value is -1.44. The molecule has 0 aliphatic carbocycles. The van der Waals surface area contributed by atoms with Gasteiger partial charge in [0.25, 0.3) is 0 Å². The van der Waals surface area contributed by atoms with E-state index in [0.717, 1.165) is 57.3 Å². The second-order valence-electron chi connectivity index (χ2n) is 16.1. The van der Waals surface area contributed by atoms with Crippen LogP contribution in [0.4, 0.5) is 0 Å². The summed E-state index contributed by atoms with van der Waals surface area (Å²) in [5.74, 6) is 0.247. The molecule has 3 N–H and O–H groups in total. The van der Waals surface area contributed by atoms with Gasteiger partial charge in [-0.1, -0.05) is 193 Å². The maximum Gasteiger partial charge on any atom is 0.305 e. The molecule has 0 radical (unpaired) electrons. The van der Waals surface area contributed by atoms with E-state index in [-0.39, 0.29) is 31.6 Å². The zero-order valence-electron chi connectivity index (χ0n) is 35.2. The maximum atomic E-state index is 12.0. The molecule has 7 heteroatoms. The summed E-state index contributed by atoms with van der Waals surface area (Å²) in [5, 5.41) is 30.3. The van der Waals surface area contributed by atoms with Crippen LogP contribution in [0.25, 0.3) is 0 Å². The van der Waals surface area contributed by atoms with Crippen molar-refractivity contribution in [3.63, 3.8) is 0 Å². The highest BCUT2D eigenvalue weighted by Gasteiger charge is 2.15. The van der Waals surface area contributed by atoms with Crippen molar-refractivity contribution in [2.24, 2.45) is 5.92 Å². The number of hydrogen-bond acceptors (Lipinski definition) is 7. The molecular weight excluding hydrogens is 664 g/mol. The van der Waals surface area contributed by atoms with E-state index in [4.69, 9.17) is 9.47 Å². The fourth-order valence-electron chi connectivity index (χ4n) is 6.73. The molecule has 1 unspecified atom stereocenters. The summed E-state index contributed by atoms with van der Waals surface area (Å²) in [5.41, 5.74) is 0. The Kier molecular flexibility index (Phi) is 39.1. The van der Waals surface area contributed by atoms with E-state index in [1.807, 2.05) is 6.08 Å². The molecule has 0 saturated heterocycles. The van der Waals surface area contributed by atoms with Crippen LogP contribution >= 0.6 is 0 Å². The van der Waals surface area contributed by atoms with Gasteiger partial charge in [-0.15, -0.1) is 0 Å². The van der Waals surface area contributed by atoms with Gasteiger partial charge in [-0.05, 0) is 44.4 Å². The molecule has 0 aromatic rings. The Labute approximate surface area is 327 Å². The summed E-state index contributed by atoms with van der Waals surface area (Å²) in [4.78, 5) is 24.0. The Morgan fingerprint density at radius 3 is 1.30 bits per heavy atom. The average Bonchev–Trinajstić information content (AvgIpc) is 3.15. The molecule has 0 saturated carbocycles. The third-order valence-corrected chi connectivity index (χ3v) is 10.7. The van der Waals surface area contributed by atoms with Crippen LogP contribution in [0.3, 0.4) is 0 Å². The number of unbranched alkanes of at least 4 members (excludes halogenated alkanes) is 24. The molecule has 0 fully saturated rings. The topological polar surface area (TPSA) is 113 Å². The van der Waals surface area contributed by atoms with Gasteiger partial charge in [-0.2, -0.15) is 0 Å². The van der Waals surface area contributed by atoms with E-state index >= 15 is 0 Å². The highest BCUT2D eigenvalue weighted by atomic mass is 16.6. The maximum absolute atomic E-state index is 12.0. The van der Waals surface area contributed by atoms with Crippen molar-refractivity contribution in [3.05, 3.63) is 12.2 Å². The molecule has 314 valence electrons. The molecule has 0 aromatic heterocycles. The SMILES string of the molecule is CCCCC/C=C\C[C@@H](O)[C@H](O)CCCCCCCC(=O)OC[C@@H](O)COC(=O)CCCCCCCCCCCCCCCCCCCCC(C)CC. The number of hydrogen-bond donors (Lipinski definition) is 3. The van der Waals surface area contributed by atoms with Crippen LogP contribution in [0.15, 0.2) is 12.2 Å². The normalized spacial score (nSPS) is 14.0. The summed E-state index contributed by atoms with van der Waals surface area (Å²) < 4.78 is 10.3. The molecule has 0 rings (SSSR count). The van der Waals surface area contributed by atoms with E-state index in [1.165, 1.54) is 128 Å². The fourth-order valence-corrected chi connectivity index (χ4v) is 6.73. The minimum atomic E-state index is -1.01. The minimum Gasteiger partial charge on any atom is -0.463 e. The Morgan fingerprint density at radius 1 is 0.491 bits per heavy atom. The zero-order valence-corrected chi connectivity index (χ0v) is 35.2. The summed E-state index contributed by atoms with van der Waals surface area (Å²) in [6.45, 7) is 6.54. The quantitative estimate of drug-likeness (QED) is 0.0324. The van der Waals surface area contributed by atoms with Crippen molar-refractivity contribution in [1.29, 1.82) is 0 Å². The lowest BCUT2D eigenvalue weighted by Crippen LogP contribution is -2.25. The first-order chi connectivity index (χ1) is 25.8. The molecule has 0 aromatic carbocycles. The fraction of sp³-hybridized carbons (Fsp3) is 0.913. The predicted molar refractivity (Wildman–Crippen MR) is 222 cm³/mol. The number of ether oxygens (including phenoxy) is 2. The molecule has 53 heavy (non-hydrogen) atoms. The molecule has 4 atom stereocenters. The van der Waals surface area contributed by atoms with E-state index in [0.29, 0.717) is 25.7 Å². The first kappa shape index (κ1) is 51.6. The largest absolute Gasteiger partial charge is 0.463 e. The Balaban J connectivity index is 3.47. The second kappa shape index (κ2) is 40.2. The molecule has 7 nitrogen and oxygen atoms in total. The van der Waals surface area contributed by atoms with Crippen molar-refractivity contribution in [2.45, 2.75) is 251 Å². The van der Waals surface area contributed by atoms with Crippen molar-refractivity contribution < 1.29 is 34.4 Å². The minimum absolute atomic E-state index is 0.152. The van der Waals surface area contributed by atoms with Gasteiger partial charge in [0, 0.05) is 12.8 Å². The van der Waals surface area contributed by atoms with Crippen molar-refractivity contribution in [1.82, 2.24) is 0 Å². The highest BCUT2D eigenvalue weighted by molar-refractivity contribution is 5.69. The van der Waals surface area contributed by atoms with Crippen LogP contribution in [0.2, 0.25) is 0 Å². The van der Waals surface area contributed by atoms with Crippen LogP contribution in [-0.4, -0.2) is 58.8 Å². The summed E-state index contributed by atoms with van der Waals surface area (Å²) in [7, 11) is 0. The van der Waals surface area contributed by atoms with Gasteiger partial charge >= 0.3 is 11.9 Å². The third kappa shape index (κ3) is 38.6. The molecular formula is C46H88O7. The van der Waals surface area contributed by atoms with Crippen molar-refractivity contribution >= 4 is 11.9 Å². The molecule has 0 bridgehead atoms. The molecule has 0 spiro atoms. The zero-order chi connectivity index (χ0) is 39.0. The van der Waals surface area contributed by atoms with Gasteiger partial charge in [0.05, 0.1) is 12.2 Å². The predicted octanol–water partition coefficient (Wildman–Crippen LogP) is 12.3. The van der Waals surface area contributed by atoms with Gasteiger partial charge < -0.3 is 24.8 Å². The molecule has 0 heterocycles. The number of esters is 2. The van der Waals surface area contributed by atoms with Crippen molar-refractivity contribution in [2.75, 3.05) is 13.2 Å².